The third-order valence-corrected chi connectivity index (χ3v) is 0.729. The maximum atomic E-state index is 10.4. The summed E-state index contributed by atoms with van der Waals surface area (Å²) in [5, 5.41) is 16.3. The number of nitrogens with zero attached hydrogens (tertiary/aromatic N) is 2. The number of carbonyl (C=O) groups is 1. The number of carbonyl (C=O) groups excluding carboxylic acids is 1. The summed E-state index contributed by atoms with van der Waals surface area (Å²) in [6, 6.07) is 3.10. The molecule has 0 spiro atoms. The first-order chi connectivity index (χ1) is 4.74. The van der Waals surface area contributed by atoms with Crippen molar-refractivity contribution in [2.24, 2.45) is 0 Å². The Morgan fingerprint density at radius 1 is 1.40 bits per heavy atom. The molecule has 0 aliphatic rings. The molecule has 0 rings (SSSR count). The molecule has 3 heteroatoms. The van der Waals surface area contributed by atoms with Gasteiger partial charge in [-0.05, 0) is 6.08 Å². The molecule has 0 heterocycles. The van der Waals surface area contributed by atoms with E-state index < -0.39 is 5.78 Å². The Kier molecular flexibility index (Phi) is 3.30. The molecule has 0 fully saturated rings. The summed E-state index contributed by atoms with van der Waals surface area (Å²) in [6.45, 7) is 3.17. The van der Waals surface area contributed by atoms with E-state index in [4.69, 9.17) is 10.5 Å². The van der Waals surface area contributed by atoms with Crippen LogP contribution >= 0.6 is 0 Å². The molecule has 0 aliphatic carbocycles. The minimum atomic E-state index is -0.432. The summed E-state index contributed by atoms with van der Waals surface area (Å²) in [4.78, 5) is 10.4. The minimum Gasteiger partial charge on any atom is -0.290 e. The van der Waals surface area contributed by atoms with E-state index in [-0.39, 0.29) is 5.57 Å². The number of allylic oxidation sites excluding steroid dienone is 3. The highest BCUT2D eigenvalue weighted by molar-refractivity contribution is 6.00. The summed E-state index contributed by atoms with van der Waals surface area (Å²) in [7, 11) is 0. The molecule has 0 saturated heterocycles. The third-order valence-electron chi connectivity index (χ3n) is 0.729. The fourth-order valence-corrected chi connectivity index (χ4v) is 0.291. The van der Waals surface area contributed by atoms with Crippen molar-refractivity contribution in [3.63, 3.8) is 0 Å². The molecule has 0 N–H and O–H groups in total. The second kappa shape index (κ2) is 4.05. The molecule has 0 aromatic heterocycles. The van der Waals surface area contributed by atoms with Gasteiger partial charge in [-0.25, -0.2) is 0 Å². The smallest absolute Gasteiger partial charge is 0.180 e. The van der Waals surface area contributed by atoms with Crippen LogP contribution < -0.4 is 0 Å². The topological polar surface area (TPSA) is 64.7 Å². The molecule has 0 saturated carbocycles. The van der Waals surface area contributed by atoms with E-state index in [0.29, 0.717) is 0 Å². The Balaban J connectivity index is 4.48. The van der Waals surface area contributed by atoms with Gasteiger partial charge >= 0.3 is 0 Å². The van der Waals surface area contributed by atoms with Crippen molar-refractivity contribution in [1.29, 1.82) is 10.5 Å². The van der Waals surface area contributed by atoms with Crippen LogP contribution in [0.15, 0.2) is 24.3 Å². The molecule has 0 amide bonds. The van der Waals surface area contributed by atoms with Gasteiger partial charge in [0.1, 0.15) is 17.7 Å². The lowest BCUT2D eigenvalue weighted by atomic mass is 10.2. The molecular weight excluding hydrogens is 128 g/mol. The lowest BCUT2D eigenvalue weighted by molar-refractivity contribution is -0.110. The normalized spacial score (nSPS) is 6.60. The van der Waals surface area contributed by atoms with E-state index in [9.17, 15) is 4.79 Å². The molecule has 0 atom stereocenters. The molecule has 0 aromatic rings. The van der Waals surface area contributed by atoms with Crippen LogP contribution in [0.5, 0.6) is 0 Å². The van der Waals surface area contributed by atoms with Crippen molar-refractivity contribution in [2.75, 3.05) is 0 Å². The largest absolute Gasteiger partial charge is 0.290 e. The number of rotatable bonds is 2. The van der Waals surface area contributed by atoms with Crippen molar-refractivity contribution >= 4 is 5.78 Å². The van der Waals surface area contributed by atoms with E-state index in [2.05, 4.69) is 6.58 Å². The zero-order chi connectivity index (χ0) is 7.98. The average Bonchev–Trinajstić information content (AvgIpc) is 1.99. The number of hydrogen-bond donors (Lipinski definition) is 0. The van der Waals surface area contributed by atoms with Crippen LogP contribution in [0.1, 0.15) is 0 Å². The lowest BCUT2D eigenvalue weighted by Crippen LogP contribution is -1.85. The molecular formula is C7H4N2O. The molecule has 0 radical (unpaired) electrons. The van der Waals surface area contributed by atoms with Gasteiger partial charge in [0, 0.05) is 6.08 Å². The minimum absolute atomic E-state index is 0.204. The van der Waals surface area contributed by atoms with Crippen LogP contribution in [0.3, 0.4) is 0 Å². The Morgan fingerprint density at radius 3 is 2.20 bits per heavy atom. The molecule has 0 unspecified atom stereocenters. The maximum absolute atomic E-state index is 10.4. The molecule has 0 bridgehead atoms. The van der Waals surface area contributed by atoms with E-state index in [1.807, 2.05) is 0 Å². The fourth-order valence-electron chi connectivity index (χ4n) is 0.291. The first-order valence-corrected chi connectivity index (χ1v) is 2.43. The van der Waals surface area contributed by atoms with E-state index >= 15 is 0 Å². The summed E-state index contributed by atoms with van der Waals surface area (Å²) in [6.07, 6.45) is 1.97. The first-order valence-electron chi connectivity index (χ1n) is 2.43. The van der Waals surface area contributed by atoms with Crippen LogP contribution in [0.2, 0.25) is 0 Å². The number of ketones is 1. The van der Waals surface area contributed by atoms with Gasteiger partial charge in [0.15, 0.2) is 5.78 Å². The molecule has 48 valence electrons. The van der Waals surface area contributed by atoms with Crippen molar-refractivity contribution < 1.29 is 4.79 Å². The van der Waals surface area contributed by atoms with Crippen LogP contribution in [0.4, 0.5) is 0 Å². The van der Waals surface area contributed by atoms with Gasteiger partial charge in [-0.3, -0.25) is 4.79 Å². The van der Waals surface area contributed by atoms with E-state index in [1.165, 1.54) is 0 Å². The zero-order valence-corrected chi connectivity index (χ0v) is 5.16. The molecule has 3 nitrogen and oxygen atoms in total. The van der Waals surface area contributed by atoms with Gasteiger partial charge in [-0.1, -0.05) is 6.58 Å². The molecule has 0 aromatic carbocycles. The van der Waals surface area contributed by atoms with Crippen molar-refractivity contribution in [3.05, 3.63) is 24.3 Å². The number of hydrogen-bond acceptors (Lipinski definition) is 3. The monoisotopic (exact) mass is 132 g/mol. The lowest BCUT2D eigenvalue weighted by Gasteiger charge is -1.77. The predicted molar refractivity (Wildman–Crippen MR) is 34.5 cm³/mol. The summed E-state index contributed by atoms with van der Waals surface area (Å²) in [5.74, 6) is -0.432. The van der Waals surface area contributed by atoms with Crippen LogP contribution in [-0.4, -0.2) is 5.78 Å². The molecule has 0 aliphatic heterocycles. The highest BCUT2D eigenvalue weighted by Crippen LogP contribution is 1.89. The summed E-state index contributed by atoms with van der Waals surface area (Å²) < 4.78 is 0. The Hall–Kier alpha value is -1.87. The van der Waals surface area contributed by atoms with Crippen LogP contribution in [0.25, 0.3) is 0 Å². The number of nitriles is 2. The fraction of sp³-hybridized carbons (Fsp3) is 0. The van der Waals surface area contributed by atoms with Crippen LogP contribution in [0, 0.1) is 22.7 Å². The maximum Gasteiger partial charge on any atom is 0.180 e. The highest BCUT2D eigenvalue weighted by Gasteiger charge is 1.93. The molecule has 10 heavy (non-hydrogen) atoms. The van der Waals surface area contributed by atoms with Gasteiger partial charge in [0.05, 0.1) is 0 Å². The Morgan fingerprint density at radius 2 is 1.90 bits per heavy atom. The van der Waals surface area contributed by atoms with Crippen LogP contribution in [-0.2, 0) is 4.79 Å². The van der Waals surface area contributed by atoms with Crippen molar-refractivity contribution in [2.45, 2.75) is 0 Å². The highest BCUT2D eigenvalue weighted by atomic mass is 16.1. The Bertz CT molecular complexity index is 246. The SMILES string of the molecule is C=CC(=O)C=C(C#N)C#N. The third kappa shape index (κ3) is 2.44. The van der Waals surface area contributed by atoms with E-state index in [0.717, 1.165) is 12.2 Å². The van der Waals surface area contributed by atoms with Gasteiger partial charge in [-0.15, -0.1) is 0 Å². The van der Waals surface area contributed by atoms with E-state index in [1.54, 1.807) is 12.1 Å². The quantitative estimate of drug-likeness (QED) is 0.410. The van der Waals surface area contributed by atoms with Crippen molar-refractivity contribution in [3.8, 4) is 12.1 Å². The Labute approximate surface area is 58.5 Å². The van der Waals surface area contributed by atoms with Gasteiger partial charge < -0.3 is 0 Å². The van der Waals surface area contributed by atoms with Gasteiger partial charge in [0.25, 0.3) is 0 Å². The standard InChI is InChI=1S/C7H4N2O/c1-2-7(10)3-6(4-8)5-9/h2-3H,1H2. The first kappa shape index (κ1) is 8.13. The van der Waals surface area contributed by atoms with Gasteiger partial charge in [0.2, 0.25) is 0 Å². The average molecular weight is 132 g/mol. The van der Waals surface area contributed by atoms with Gasteiger partial charge in [-0.2, -0.15) is 10.5 Å². The zero-order valence-electron chi connectivity index (χ0n) is 5.16. The predicted octanol–water partition coefficient (Wildman–Crippen LogP) is 0.715. The second-order valence-corrected chi connectivity index (χ2v) is 1.39. The second-order valence-electron chi connectivity index (χ2n) is 1.39. The summed E-state index contributed by atoms with van der Waals surface area (Å²) in [5.41, 5.74) is -0.204. The summed E-state index contributed by atoms with van der Waals surface area (Å²) >= 11 is 0. The van der Waals surface area contributed by atoms with Crippen molar-refractivity contribution in [1.82, 2.24) is 0 Å².